The molecule has 66 valence electrons. The number of halogens is 3. The van der Waals surface area contributed by atoms with E-state index in [-0.39, 0.29) is 5.75 Å². The molecule has 0 aliphatic rings. The minimum Gasteiger partial charge on any atom is -0.506 e. The summed E-state index contributed by atoms with van der Waals surface area (Å²) >= 11 is 9.87. The molecule has 0 heterocycles. The van der Waals surface area contributed by atoms with Gasteiger partial charge in [-0.2, -0.15) is 0 Å². The fourth-order valence-corrected chi connectivity index (χ4v) is 2.30. The minimum atomic E-state index is 0.188. The molecule has 0 aromatic heterocycles. The van der Waals surface area contributed by atoms with Crippen molar-refractivity contribution in [2.24, 2.45) is 5.73 Å². The van der Waals surface area contributed by atoms with Crippen LogP contribution in [0, 0.1) is 0 Å². The van der Waals surface area contributed by atoms with E-state index >= 15 is 0 Å². The van der Waals surface area contributed by atoms with Crippen molar-refractivity contribution in [2.75, 3.05) is 0 Å². The Kier molecular flexibility index (Phi) is 3.58. The van der Waals surface area contributed by atoms with Crippen molar-refractivity contribution in [3.8, 4) is 5.75 Å². The van der Waals surface area contributed by atoms with Gasteiger partial charge in [0.1, 0.15) is 5.75 Å². The van der Waals surface area contributed by atoms with Crippen LogP contribution in [0.4, 0.5) is 0 Å². The first kappa shape index (κ1) is 10.5. The fraction of sp³-hybridized carbons (Fsp3) is 0.143. The Morgan fingerprint density at radius 1 is 1.25 bits per heavy atom. The second kappa shape index (κ2) is 4.09. The van der Waals surface area contributed by atoms with Gasteiger partial charge in [0, 0.05) is 21.1 Å². The van der Waals surface area contributed by atoms with Crippen LogP contribution in [0.3, 0.4) is 0 Å². The lowest BCUT2D eigenvalue weighted by atomic mass is 10.2. The number of rotatable bonds is 1. The molecule has 0 unspecified atom stereocenters. The molecule has 1 aromatic rings. The molecule has 0 saturated carbocycles. The highest BCUT2D eigenvalue weighted by molar-refractivity contribution is 9.14. The number of hydrogen-bond acceptors (Lipinski definition) is 2. The summed E-state index contributed by atoms with van der Waals surface area (Å²) in [5.41, 5.74) is 6.13. The first-order chi connectivity index (χ1) is 5.57. The van der Waals surface area contributed by atoms with Gasteiger partial charge in [0.15, 0.2) is 0 Å². The number of aromatic hydroxyl groups is 1. The molecule has 0 atom stereocenters. The van der Waals surface area contributed by atoms with Crippen LogP contribution in [0.1, 0.15) is 5.56 Å². The van der Waals surface area contributed by atoms with Gasteiger partial charge in [-0.15, -0.1) is 0 Å². The average molecular weight is 360 g/mol. The molecule has 1 rings (SSSR count). The van der Waals surface area contributed by atoms with E-state index in [1.165, 1.54) is 0 Å². The molecular formula is C7H6Br3NO. The second-order valence-corrected chi connectivity index (χ2v) is 4.64. The number of phenols is 1. The summed E-state index contributed by atoms with van der Waals surface area (Å²) < 4.78 is 2.28. The zero-order valence-corrected chi connectivity index (χ0v) is 10.7. The van der Waals surface area contributed by atoms with Gasteiger partial charge >= 0.3 is 0 Å². The largest absolute Gasteiger partial charge is 0.506 e. The summed E-state index contributed by atoms with van der Waals surface area (Å²) in [6.07, 6.45) is 0. The average Bonchev–Trinajstić information content (AvgIpc) is 2.08. The van der Waals surface area contributed by atoms with E-state index in [0.717, 1.165) is 8.95 Å². The normalized spacial score (nSPS) is 10.3. The minimum absolute atomic E-state index is 0.188. The molecule has 0 saturated heterocycles. The topological polar surface area (TPSA) is 46.2 Å². The molecule has 2 nitrogen and oxygen atoms in total. The molecule has 0 fully saturated rings. The van der Waals surface area contributed by atoms with E-state index in [2.05, 4.69) is 47.8 Å². The zero-order chi connectivity index (χ0) is 9.30. The monoisotopic (exact) mass is 357 g/mol. The van der Waals surface area contributed by atoms with Gasteiger partial charge in [0.2, 0.25) is 0 Å². The Hall–Kier alpha value is 0.420. The van der Waals surface area contributed by atoms with Gasteiger partial charge in [0.05, 0.1) is 4.47 Å². The molecule has 1 aromatic carbocycles. The summed E-state index contributed by atoms with van der Waals surface area (Å²) in [6, 6.07) is 1.78. The standard InChI is InChI=1S/C7H6Br3NO/c8-4-1-3(2-11)7(12)6(10)5(4)9/h1,12H,2,11H2. The predicted octanol–water partition coefficient (Wildman–Crippen LogP) is 3.14. The predicted molar refractivity (Wildman–Crippen MR) is 59.1 cm³/mol. The van der Waals surface area contributed by atoms with Gasteiger partial charge in [-0.3, -0.25) is 0 Å². The Morgan fingerprint density at radius 2 is 1.83 bits per heavy atom. The third kappa shape index (κ3) is 1.84. The van der Waals surface area contributed by atoms with Crippen molar-refractivity contribution in [2.45, 2.75) is 6.54 Å². The van der Waals surface area contributed by atoms with Crippen LogP contribution in [0.2, 0.25) is 0 Å². The van der Waals surface area contributed by atoms with Crippen molar-refractivity contribution in [1.29, 1.82) is 0 Å². The second-order valence-electron chi connectivity index (χ2n) is 2.20. The third-order valence-electron chi connectivity index (χ3n) is 1.44. The number of benzene rings is 1. The Morgan fingerprint density at radius 3 is 2.33 bits per heavy atom. The maximum atomic E-state index is 9.53. The van der Waals surface area contributed by atoms with Crippen molar-refractivity contribution in [1.82, 2.24) is 0 Å². The lowest BCUT2D eigenvalue weighted by Gasteiger charge is -2.07. The summed E-state index contributed by atoms with van der Waals surface area (Å²) in [6.45, 7) is 0.316. The van der Waals surface area contributed by atoms with Crippen LogP contribution in [-0.4, -0.2) is 5.11 Å². The molecule has 0 spiro atoms. The molecule has 12 heavy (non-hydrogen) atoms. The lowest BCUT2D eigenvalue weighted by Crippen LogP contribution is -1.97. The van der Waals surface area contributed by atoms with E-state index in [9.17, 15) is 5.11 Å². The van der Waals surface area contributed by atoms with Crippen molar-refractivity contribution < 1.29 is 5.11 Å². The summed E-state index contributed by atoms with van der Waals surface area (Å²) in [5.74, 6) is 0.188. The molecule has 0 aliphatic carbocycles. The summed E-state index contributed by atoms with van der Waals surface area (Å²) in [5, 5.41) is 9.53. The molecule has 0 aliphatic heterocycles. The van der Waals surface area contributed by atoms with E-state index in [0.29, 0.717) is 16.6 Å². The highest BCUT2D eigenvalue weighted by Gasteiger charge is 2.11. The Balaban J connectivity index is 3.39. The van der Waals surface area contributed by atoms with Crippen LogP contribution < -0.4 is 5.73 Å². The van der Waals surface area contributed by atoms with Gasteiger partial charge < -0.3 is 10.8 Å². The smallest absolute Gasteiger partial charge is 0.135 e. The molecule has 0 bridgehead atoms. The van der Waals surface area contributed by atoms with E-state index in [1.54, 1.807) is 6.07 Å². The first-order valence-corrected chi connectivity index (χ1v) is 5.51. The van der Waals surface area contributed by atoms with Crippen LogP contribution in [0.25, 0.3) is 0 Å². The number of nitrogens with two attached hydrogens (primary N) is 1. The maximum absolute atomic E-state index is 9.53. The molecule has 0 radical (unpaired) electrons. The molecule has 0 amide bonds. The summed E-state index contributed by atoms with van der Waals surface area (Å²) in [7, 11) is 0. The van der Waals surface area contributed by atoms with Crippen LogP contribution >= 0.6 is 47.8 Å². The van der Waals surface area contributed by atoms with Crippen molar-refractivity contribution in [3.63, 3.8) is 0 Å². The molecule has 5 heteroatoms. The van der Waals surface area contributed by atoms with Crippen LogP contribution in [0.5, 0.6) is 5.75 Å². The van der Waals surface area contributed by atoms with Crippen LogP contribution in [0.15, 0.2) is 19.5 Å². The van der Waals surface area contributed by atoms with E-state index in [4.69, 9.17) is 5.73 Å². The Labute approximate surface area is 95.5 Å². The lowest BCUT2D eigenvalue weighted by molar-refractivity contribution is 0.464. The fourth-order valence-electron chi connectivity index (χ4n) is 0.790. The number of phenolic OH excluding ortho intramolecular Hbond substituents is 1. The van der Waals surface area contributed by atoms with Gasteiger partial charge in [0.25, 0.3) is 0 Å². The van der Waals surface area contributed by atoms with Gasteiger partial charge in [-0.05, 0) is 53.9 Å². The highest BCUT2D eigenvalue weighted by atomic mass is 79.9. The SMILES string of the molecule is NCc1cc(Br)c(Br)c(Br)c1O. The zero-order valence-electron chi connectivity index (χ0n) is 5.94. The quantitative estimate of drug-likeness (QED) is 0.757. The van der Waals surface area contributed by atoms with Gasteiger partial charge in [-0.25, -0.2) is 0 Å². The highest BCUT2D eigenvalue weighted by Crippen LogP contribution is 2.39. The molecular weight excluding hydrogens is 354 g/mol. The summed E-state index contributed by atoms with van der Waals surface area (Å²) in [4.78, 5) is 0. The number of hydrogen-bond donors (Lipinski definition) is 2. The van der Waals surface area contributed by atoms with E-state index < -0.39 is 0 Å². The third-order valence-corrected chi connectivity index (χ3v) is 4.72. The first-order valence-electron chi connectivity index (χ1n) is 3.13. The maximum Gasteiger partial charge on any atom is 0.135 e. The van der Waals surface area contributed by atoms with Crippen molar-refractivity contribution in [3.05, 3.63) is 25.0 Å². The van der Waals surface area contributed by atoms with E-state index in [1.807, 2.05) is 0 Å². The van der Waals surface area contributed by atoms with Crippen molar-refractivity contribution >= 4 is 47.8 Å². The Bertz CT molecular complexity index is 314. The molecule has 3 N–H and O–H groups in total. The van der Waals surface area contributed by atoms with Gasteiger partial charge in [-0.1, -0.05) is 0 Å². The van der Waals surface area contributed by atoms with Crippen LogP contribution in [-0.2, 0) is 6.54 Å².